The molecule has 0 fully saturated rings. The van der Waals surface area contributed by atoms with Crippen molar-refractivity contribution >= 4 is 23.5 Å². The molecule has 0 saturated heterocycles. The van der Waals surface area contributed by atoms with Crippen LogP contribution in [-0.2, 0) is 6.42 Å². The number of ether oxygens (including phenoxy) is 2. The molecule has 1 aliphatic rings. The van der Waals surface area contributed by atoms with Crippen LogP contribution in [0.2, 0.25) is 5.02 Å². The van der Waals surface area contributed by atoms with Gasteiger partial charge in [0.05, 0.1) is 19.2 Å². The minimum atomic E-state index is -0.0817. The fourth-order valence-corrected chi connectivity index (χ4v) is 3.05. The van der Waals surface area contributed by atoms with Crippen molar-refractivity contribution in [3.63, 3.8) is 0 Å². The topological polar surface area (TPSA) is 55.8 Å². The lowest BCUT2D eigenvalue weighted by Crippen LogP contribution is -1.96. The summed E-state index contributed by atoms with van der Waals surface area (Å²) in [5.41, 5.74) is 2.55. The van der Waals surface area contributed by atoms with E-state index in [0.29, 0.717) is 39.6 Å². The lowest BCUT2D eigenvalue weighted by Gasteiger charge is -2.10. The summed E-state index contributed by atoms with van der Waals surface area (Å²) in [6, 6.07) is 8.45. The van der Waals surface area contributed by atoms with Gasteiger partial charge < -0.3 is 14.6 Å². The highest BCUT2D eigenvalue weighted by Crippen LogP contribution is 2.38. The standard InChI is InChI=1S/C18H15ClO4/c1-22-16-8-10(7-14(19)18(16)23-2)6-11-9-13-12(17(11)21)4-3-5-15(13)20/h3-8,20H,9H2,1-2H3/b11-6+. The molecule has 1 N–H and O–H groups in total. The maximum absolute atomic E-state index is 12.4. The monoisotopic (exact) mass is 330 g/mol. The number of hydrogen-bond donors (Lipinski definition) is 1. The summed E-state index contributed by atoms with van der Waals surface area (Å²) in [6.07, 6.45) is 2.16. The van der Waals surface area contributed by atoms with E-state index in [2.05, 4.69) is 0 Å². The third-order valence-corrected chi connectivity index (χ3v) is 4.13. The number of Topliss-reactive ketones (excluding diaryl/α,β-unsaturated/α-hetero) is 1. The van der Waals surface area contributed by atoms with Crippen molar-refractivity contribution in [3.8, 4) is 17.2 Å². The van der Waals surface area contributed by atoms with Gasteiger partial charge in [0.1, 0.15) is 5.75 Å². The molecular formula is C18H15ClO4. The average Bonchev–Trinajstić information content (AvgIpc) is 2.85. The molecule has 0 spiro atoms. The van der Waals surface area contributed by atoms with Gasteiger partial charge in [0.15, 0.2) is 17.3 Å². The predicted octanol–water partition coefficient (Wildman–Crippen LogP) is 3.89. The number of fused-ring (bicyclic) bond motifs is 1. The average molecular weight is 331 g/mol. The van der Waals surface area contributed by atoms with Gasteiger partial charge in [0, 0.05) is 23.1 Å². The highest BCUT2D eigenvalue weighted by Gasteiger charge is 2.27. The van der Waals surface area contributed by atoms with Gasteiger partial charge in [0.25, 0.3) is 0 Å². The van der Waals surface area contributed by atoms with Crippen molar-refractivity contribution in [2.24, 2.45) is 0 Å². The molecule has 5 heteroatoms. The zero-order chi connectivity index (χ0) is 16.6. The molecule has 2 aromatic carbocycles. The van der Waals surface area contributed by atoms with Crippen LogP contribution in [0.25, 0.3) is 6.08 Å². The Morgan fingerprint density at radius 2 is 2.00 bits per heavy atom. The van der Waals surface area contributed by atoms with Gasteiger partial charge in [-0.05, 0) is 29.8 Å². The van der Waals surface area contributed by atoms with E-state index in [0.717, 1.165) is 5.56 Å². The van der Waals surface area contributed by atoms with Gasteiger partial charge in [-0.25, -0.2) is 0 Å². The summed E-state index contributed by atoms with van der Waals surface area (Å²) >= 11 is 6.19. The zero-order valence-electron chi connectivity index (χ0n) is 12.7. The first-order valence-corrected chi connectivity index (χ1v) is 7.40. The summed E-state index contributed by atoms with van der Waals surface area (Å²) in [5, 5.41) is 10.3. The number of benzene rings is 2. The number of allylic oxidation sites excluding steroid dienone is 1. The van der Waals surface area contributed by atoms with Crippen LogP contribution >= 0.6 is 11.6 Å². The van der Waals surface area contributed by atoms with Crippen molar-refractivity contribution in [1.82, 2.24) is 0 Å². The molecule has 0 amide bonds. The number of hydrogen-bond acceptors (Lipinski definition) is 4. The number of halogens is 1. The highest BCUT2D eigenvalue weighted by atomic mass is 35.5. The first-order valence-electron chi connectivity index (χ1n) is 7.02. The molecule has 3 rings (SSSR count). The Labute approximate surface area is 138 Å². The van der Waals surface area contributed by atoms with Gasteiger partial charge >= 0.3 is 0 Å². The second kappa shape index (κ2) is 5.97. The van der Waals surface area contributed by atoms with Gasteiger partial charge in [-0.15, -0.1) is 0 Å². The molecule has 0 aliphatic heterocycles. The van der Waals surface area contributed by atoms with E-state index in [1.54, 1.807) is 36.4 Å². The van der Waals surface area contributed by atoms with Crippen molar-refractivity contribution in [2.75, 3.05) is 14.2 Å². The van der Waals surface area contributed by atoms with Crippen molar-refractivity contribution < 1.29 is 19.4 Å². The molecule has 0 atom stereocenters. The van der Waals surface area contributed by atoms with Gasteiger partial charge in [-0.1, -0.05) is 23.7 Å². The van der Waals surface area contributed by atoms with E-state index in [-0.39, 0.29) is 11.5 Å². The number of phenols is 1. The van der Waals surface area contributed by atoms with Gasteiger partial charge in [-0.3, -0.25) is 4.79 Å². The van der Waals surface area contributed by atoms with Gasteiger partial charge in [0.2, 0.25) is 0 Å². The minimum absolute atomic E-state index is 0.0817. The van der Waals surface area contributed by atoms with Crippen LogP contribution in [0.5, 0.6) is 17.2 Å². The van der Waals surface area contributed by atoms with E-state index < -0.39 is 0 Å². The van der Waals surface area contributed by atoms with Gasteiger partial charge in [-0.2, -0.15) is 0 Å². The summed E-state index contributed by atoms with van der Waals surface area (Å²) < 4.78 is 10.5. The maximum Gasteiger partial charge on any atom is 0.189 e. The minimum Gasteiger partial charge on any atom is -0.508 e. The van der Waals surface area contributed by atoms with E-state index in [1.165, 1.54) is 14.2 Å². The fraction of sp³-hybridized carbons (Fsp3) is 0.167. The van der Waals surface area contributed by atoms with Crippen molar-refractivity contribution in [3.05, 3.63) is 57.6 Å². The number of aromatic hydroxyl groups is 1. The quantitative estimate of drug-likeness (QED) is 0.868. The van der Waals surface area contributed by atoms with Crippen LogP contribution < -0.4 is 9.47 Å². The number of phenolic OH excluding ortho intramolecular Hbond substituents is 1. The fourth-order valence-electron chi connectivity index (χ4n) is 2.76. The van der Waals surface area contributed by atoms with Crippen LogP contribution in [0, 0.1) is 0 Å². The second-order valence-corrected chi connectivity index (χ2v) is 5.62. The second-order valence-electron chi connectivity index (χ2n) is 5.22. The third kappa shape index (κ3) is 2.66. The Morgan fingerprint density at radius 1 is 1.22 bits per heavy atom. The Kier molecular flexibility index (Phi) is 4.01. The van der Waals surface area contributed by atoms with E-state index in [4.69, 9.17) is 21.1 Å². The highest BCUT2D eigenvalue weighted by molar-refractivity contribution is 6.32. The molecule has 118 valence electrons. The van der Waals surface area contributed by atoms with Crippen LogP contribution in [0.4, 0.5) is 0 Å². The third-order valence-electron chi connectivity index (χ3n) is 3.85. The number of rotatable bonds is 3. The van der Waals surface area contributed by atoms with E-state index in [1.807, 2.05) is 0 Å². The molecule has 0 bridgehead atoms. The first kappa shape index (κ1) is 15.4. The molecule has 0 unspecified atom stereocenters. The van der Waals surface area contributed by atoms with Crippen molar-refractivity contribution in [1.29, 1.82) is 0 Å². The lowest BCUT2D eigenvalue weighted by atomic mass is 10.1. The smallest absolute Gasteiger partial charge is 0.189 e. The number of methoxy groups -OCH3 is 2. The lowest BCUT2D eigenvalue weighted by molar-refractivity contribution is 0.104. The molecule has 0 heterocycles. The summed E-state index contributed by atoms with van der Waals surface area (Å²) in [4.78, 5) is 12.4. The maximum atomic E-state index is 12.4. The molecule has 4 nitrogen and oxygen atoms in total. The molecule has 1 aliphatic carbocycles. The number of carbonyl (C=O) groups excluding carboxylic acids is 1. The number of ketones is 1. The van der Waals surface area contributed by atoms with Crippen LogP contribution in [-0.4, -0.2) is 25.1 Å². The summed E-state index contributed by atoms with van der Waals surface area (Å²) in [6.45, 7) is 0. The Bertz CT molecular complexity index is 824. The molecule has 0 radical (unpaired) electrons. The Morgan fingerprint density at radius 3 is 2.65 bits per heavy atom. The molecular weight excluding hydrogens is 316 g/mol. The largest absolute Gasteiger partial charge is 0.508 e. The zero-order valence-corrected chi connectivity index (χ0v) is 13.5. The Balaban J connectivity index is 2.03. The Hall–Kier alpha value is -2.46. The molecule has 0 saturated carbocycles. The summed E-state index contributed by atoms with van der Waals surface area (Å²) in [7, 11) is 3.04. The van der Waals surface area contributed by atoms with Crippen LogP contribution in [0.3, 0.4) is 0 Å². The van der Waals surface area contributed by atoms with E-state index in [9.17, 15) is 9.90 Å². The molecule has 0 aromatic heterocycles. The van der Waals surface area contributed by atoms with Crippen LogP contribution in [0.15, 0.2) is 35.9 Å². The van der Waals surface area contributed by atoms with Crippen LogP contribution in [0.1, 0.15) is 21.5 Å². The predicted molar refractivity (Wildman–Crippen MR) is 88.7 cm³/mol. The molecule has 2 aromatic rings. The molecule has 23 heavy (non-hydrogen) atoms. The number of carbonyl (C=O) groups is 1. The van der Waals surface area contributed by atoms with Crippen molar-refractivity contribution in [2.45, 2.75) is 6.42 Å². The normalized spacial score (nSPS) is 14.9. The SMILES string of the molecule is COc1cc(/C=C2\Cc3c(O)cccc3C2=O)cc(Cl)c1OC. The summed E-state index contributed by atoms with van der Waals surface area (Å²) in [5.74, 6) is 1.01. The van der Waals surface area contributed by atoms with E-state index >= 15 is 0 Å². The first-order chi connectivity index (χ1) is 11.0.